The van der Waals surface area contributed by atoms with E-state index in [9.17, 15) is 26.7 Å². The van der Waals surface area contributed by atoms with E-state index in [0.29, 0.717) is 6.20 Å². The summed E-state index contributed by atoms with van der Waals surface area (Å²) in [7, 11) is 0. The highest BCUT2D eigenvalue weighted by atomic mass is 19.4. The molecular formula is C12H13F5N2O3. The molecule has 0 aliphatic heterocycles. The van der Waals surface area contributed by atoms with Crippen LogP contribution in [0.15, 0.2) is 12.3 Å². The summed E-state index contributed by atoms with van der Waals surface area (Å²) in [4.78, 5) is 14.6. The lowest BCUT2D eigenvalue weighted by molar-refractivity contribution is -0.141. The maximum absolute atomic E-state index is 12.5. The third-order valence-corrected chi connectivity index (χ3v) is 2.01. The first-order valence-electron chi connectivity index (χ1n) is 5.90. The molecule has 0 atom stereocenters. The molecule has 0 spiro atoms. The third-order valence-electron chi connectivity index (χ3n) is 2.01. The minimum atomic E-state index is -4.84. The summed E-state index contributed by atoms with van der Waals surface area (Å²) < 4.78 is 70.9. The van der Waals surface area contributed by atoms with Crippen molar-refractivity contribution in [3.05, 3.63) is 18.0 Å². The van der Waals surface area contributed by atoms with Gasteiger partial charge in [-0.25, -0.2) is 9.78 Å². The fourth-order valence-electron chi connectivity index (χ4n) is 1.29. The maximum Gasteiger partial charge on any atom is 0.433 e. The molecule has 1 N–H and O–H groups in total. The number of ether oxygens (including phenoxy) is 2. The molecule has 10 heteroatoms. The van der Waals surface area contributed by atoms with Crippen molar-refractivity contribution in [1.82, 2.24) is 4.98 Å². The second kappa shape index (κ2) is 6.32. The second-order valence-electron chi connectivity index (χ2n) is 5.07. The van der Waals surface area contributed by atoms with Crippen LogP contribution >= 0.6 is 0 Å². The number of carbonyl (C=O) groups is 1. The number of rotatable bonds is 3. The molecule has 0 saturated heterocycles. The van der Waals surface area contributed by atoms with Gasteiger partial charge in [0.25, 0.3) is 0 Å². The van der Waals surface area contributed by atoms with Gasteiger partial charge in [0.2, 0.25) is 0 Å². The van der Waals surface area contributed by atoms with Crippen LogP contribution in [0.3, 0.4) is 0 Å². The summed E-state index contributed by atoms with van der Waals surface area (Å²) in [6, 6.07) is 0.263. The SMILES string of the molecule is CC(C)(C)OC(=O)Nc1cnc(C(F)(F)F)cc1OC(F)F. The lowest BCUT2D eigenvalue weighted by Gasteiger charge is -2.20. The standard InChI is InChI=1S/C12H13F5N2O3/c1-11(2,3)22-10(20)19-6-5-18-8(12(15,16)17)4-7(6)21-9(13)14/h4-5,9H,1-3H3,(H,19,20). The monoisotopic (exact) mass is 328 g/mol. The van der Waals surface area contributed by atoms with Crippen LogP contribution in [0, 0.1) is 0 Å². The second-order valence-corrected chi connectivity index (χ2v) is 5.07. The number of pyridine rings is 1. The summed E-state index contributed by atoms with van der Waals surface area (Å²) in [5, 5.41) is 2.00. The zero-order valence-electron chi connectivity index (χ0n) is 11.8. The van der Waals surface area contributed by atoms with Crippen molar-refractivity contribution < 1.29 is 36.2 Å². The van der Waals surface area contributed by atoms with Gasteiger partial charge in [-0.3, -0.25) is 5.32 Å². The number of amides is 1. The van der Waals surface area contributed by atoms with Gasteiger partial charge in [-0.1, -0.05) is 0 Å². The Bertz CT molecular complexity index is 541. The Labute approximate surface area is 122 Å². The van der Waals surface area contributed by atoms with Crippen molar-refractivity contribution >= 4 is 11.8 Å². The van der Waals surface area contributed by atoms with Crippen LogP contribution in [-0.4, -0.2) is 23.3 Å². The van der Waals surface area contributed by atoms with Gasteiger partial charge in [-0.15, -0.1) is 0 Å². The Morgan fingerprint density at radius 3 is 2.32 bits per heavy atom. The number of nitrogens with zero attached hydrogens (tertiary/aromatic N) is 1. The number of hydrogen-bond acceptors (Lipinski definition) is 4. The van der Waals surface area contributed by atoms with E-state index >= 15 is 0 Å². The lowest BCUT2D eigenvalue weighted by Crippen LogP contribution is -2.27. The maximum atomic E-state index is 12.5. The number of carbonyl (C=O) groups excluding carboxylic acids is 1. The smallest absolute Gasteiger partial charge is 0.433 e. The Kier molecular flexibility index (Phi) is 5.15. The predicted octanol–water partition coefficient (Wildman–Crippen LogP) is 4.05. The Morgan fingerprint density at radius 1 is 1.27 bits per heavy atom. The van der Waals surface area contributed by atoms with Crippen LogP contribution < -0.4 is 10.1 Å². The molecule has 0 aliphatic rings. The molecule has 1 aromatic heterocycles. The molecule has 1 aromatic rings. The number of anilines is 1. The Morgan fingerprint density at radius 2 is 1.86 bits per heavy atom. The van der Waals surface area contributed by atoms with Gasteiger partial charge in [0, 0.05) is 6.07 Å². The largest absolute Gasteiger partial charge is 0.444 e. The fourth-order valence-corrected chi connectivity index (χ4v) is 1.29. The van der Waals surface area contributed by atoms with Crippen LogP contribution in [0.5, 0.6) is 5.75 Å². The van der Waals surface area contributed by atoms with E-state index in [1.54, 1.807) is 20.8 Å². The molecule has 0 saturated carbocycles. The summed E-state index contributed by atoms with van der Waals surface area (Å²) in [6.07, 6.45) is -5.33. The van der Waals surface area contributed by atoms with Gasteiger partial charge in [0.05, 0.1) is 6.20 Å². The fraction of sp³-hybridized carbons (Fsp3) is 0.500. The van der Waals surface area contributed by atoms with E-state index in [0.717, 1.165) is 0 Å². The van der Waals surface area contributed by atoms with Gasteiger partial charge in [-0.05, 0) is 20.8 Å². The molecule has 0 aromatic carbocycles. The number of hydrogen-bond donors (Lipinski definition) is 1. The van der Waals surface area contributed by atoms with E-state index in [1.807, 2.05) is 5.32 Å². The van der Waals surface area contributed by atoms with Crippen LogP contribution in [0.1, 0.15) is 26.5 Å². The van der Waals surface area contributed by atoms with Crippen molar-refractivity contribution in [3.8, 4) is 5.75 Å². The highest BCUT2D eigenvalue weighted by Crippen LogP contribution is 2.34. The highest BCUT2D eigenvalue weighted by Gasteiger charge is 2.34. The van der Waals surface area contributed by atoms with Gasteiger partial charge < -0.3 is 9.47 Å². The van der Waals surface area contributed by atoms with Crippen LogP contribution in [0.2, 0.25) is 0 Å². The number of alkyl halides is 5. The van der Waals surface area contributed by atoms with E-state index in [4.69, 9.17) is 4.74 Å². The van der Waals surface area contributed by atoms with Crippen molar-refractivity contribution in [3.63, 3.8) is 0 Å². The van der Waals surface area contributed by atoms with Crippen molar-refractivity contribution in [2.75, 3.05) is 5.32 Å². The van der Waals surface area contributed by atoms with Crippen molar-refractivity contribution in [2.24, 2.45) is 0 Å². The first-order chi connectivity index (χ1) is 9.88. The summed E-state index contributed by atoms with van der Waals surface area (Å²) in [6.45, 7) is 1.28. The molecule has 1 amide bonds. The highest BCUT2D eigenvalue weighted by molar-refractivity contribution is 5.86. The number of halogens is 5. The van der Waals surface area contributed by atoms with E-state index < -0.39 is 41.6 Å². The Balaban J connectivity index is 3.05. The molecule has 5 nitrogen and oxygen atoms in total. The first-order valence-corrected chi connectivity index (χ1v) is 5.90. The van der Waals surface area contributed by atoms with Gasteiger partial charge >= 0.3 is 18.9 Å². The molecule has 0 fully saturated rings. The first kappa shape index (κ1) is 17.9. The summed E-state index contributed by atoms with van der Waals surface area (Å²) in [5.74, 6) is -0.872. The number of nitrogens with one attached hydrogen (secondary N) is 1. The zero-order valence-corrected chi connectivity index (χ0v) is 11.8. The molecule has 0 unspecified atom stereocenters. The quantitative estimate of drug-likeness (QED) is 0.851. The van der Waals surface area contributed by atoms with Crippen LogP contribution in [0.25, 0.3) is 0 Å². The van der Waals surface area contributed by atoms with Gasteiger partial charge in [0.15, 0.2) is 5.75 Å². The van der Waals surface area contributed by atoms with E-state index in [1.165, 1.54) is 0 Å². The average Bonchev–Trinajstić information content (AvgIpc) is 2.26. The van der Waals surface area contributed by atoms with E-state index in [2.05, 4.69) is 9.72 Å². The lowest BCUT2D eigenvalue weighted by atomic mass is 10.2. The van der Waals surface area contributed by atoms with Crippen LogP contribution in [-0.2, 0) is 10.9 Å². The minimum absolute atomic E-state index is 0.263. The van der Waals surface area contributed by atoms with E-state index in [-0.39, 0.29) is 6.07 Å². The third kappa shape index (κ3) is 5.70. The molecule has 1 rings (SSSR count). The molecule has 124 valence electrons. The molecule has 1 heterocycles. The normalized spacial score (nSPS) is 12.2. The average molecular weight is 328 g/mol. The molecule has 22 heavy (non-hydrogen) atoms. The van der Waals surface area contributed by atoms with Gasteiger partial charge in [-0.2, -0.15) is 22.0 Å². The Hall–Kier alpha value is -2.13. The summed E-state index contributed by atoms with van der Waals surface area (Å²) in [5.41, 5.74) is -2.78. The number of aromatic nitrogens is 1. The topological polar surface area (TPSA) is 60.5 Å². The van der Waals surface area contributed by atoms with Gasteiger partial charge in [0.1, 0.15) is 17.0 Å². The van der Waals surface area contributed by atoms with Crippen molar-refractivity contribution in [2.45, 2.75) is 39.2 Å². The van der Waals surface area contributed by atoms with Crippen molar-refractivity contribution in [1.29, 1.82) is 0 Å². The summed E-state index contributed by atoms with van der Waals surface area (Å²) >= 11 is 0. The molecule has 0 bridgehead atoms. The predicted molar refractivity (Wildman–Crippen MR) is 65.7 cm³/mol. The molecule has 0 aliphatic carbocycles. The molecule has 0 radical (unpaired) electrons. The zero-order chi connectivity index (χ0) is 17.1. The van der Waals surface area contributed by atoms with Crippen LogP contribution in [0.4, 0.5) is 32.4 Å². The molecular weight excluding hydrogens is 315 g/mol. The minimum Gasteiger partial charge on any atom is -0.444 e.